The Bertz CT molecular complexity index is 3170. The first-order valence-corrected chi connectivity index (χ1v) is 26.5. The molecule has 4 aliphatic rings. The number of nitrogens with zero attached hydrogens (tertiary/aromatic N) is 7. The minimum Gasteiger partial charge on any atom is -0.494 e. The SMILES string of the molecule is Cn1nc(C2CCC(=O)NC2=O)c2ccc(C3CCN(CCN4CCC(Cc5ccc(OCCCc6ccc(N7CCc8cccc(C(=O)Nc9nc%10ccc#cc%10s9)c8C7)nc6C(=O)O)cc5)CC4)C3)cc21. The van der Waals surface area contributed by atoms with Crippen LogP contribution in [0, 0.1) is 18.1 Å². The minimum absolute atomic E-state index is 0.0388. The molecule has 4 aromatic carbocycles. The number of piperidine rings is 2. The minimum atomic E-state index is -1.07. The van der Waals surface area contributed by atoms with Crippen LogP contribution in [0.4, 0.5) is 10.9 Å². The number of aryl methyl sites for hydroxylation is 2. The third-order valence-electron chi connectivity index (χ3n) is 15.4. The van der Waals surface area contributed by atoms with Gasteiger partial charge in [-0.2, -0.15) is 5.10 Å². The van der Waals surface area contributed by atoms with Crippen molar-refractivity contribution in [1.29, 1.82) is 0 Å². The number of likely N-dealkylation sites (tertiary alicyclic amines) is 2. The van der Waals surface area contributed by atoms with Gasteiger partial charge in [0.25, 0.3) is 5.91 Å². The molecule has 0 aliphatic carbocycles. The Morgan fingerprint density at radius 1 is 0.918 bits per heavy atom. The van der Waals surface area contributed by atoms with Crippen molar-refractivity contribution in [2.24, 2.45) is 13.0 Å². The Morgan fingerprint density at radius 2 is 1.75 bits per heavy atom. The number of benzene rings is 3. The number of pyridine rings is 1. The maximum atomic E-state index is 13.5. The zero-order valence-electron chi connectivity index (χ0n) is 41.1. The number of amides is 3. The van der Waals surface area contributed by atoms with Gasteiger partial charge < -0.3 is 24.5 Å². The number of rotatable bonds is 16. The van der Waals surface area contributed by atoms with E-state index in [4.69, 9.17) is 9.84 Å². The number of hydrogen-bond donors (Lipinski definition) is 3. The molecule has 3 fully saturated rings. The van der Waals surface area contributed by atoms with Crippen molar-refractivity contribution < 1.29 is 29.0 Å². The average molecular weight is 998 g/mol. The highest BCUT2D eigenvalue weighted by molar-refractivity contribution is 7.22. The largest absolute Gasteiger partial charge is 0.494 e. The zero-order chi connectivity index (χ0) is 50.0. The molecule has 16 heteroatoms. The molecule has 2 atom stereocenters. The number of carboxylic acids is 1. The zero-order valence-corrected chi connectivity index (χ0v) is 41.9. The number of thiazole rings is 1. The lowest BCUT2D eigenvalue weighted by Crippen LogP contribution is -2.39. The van der Waals surface area contributed by atoms with Crippen LogP contribution in [0.3, 0.4) is 0 Å². The fourth-order valence-electron chi connectivity index (χ4n) is 11.3. The fourth-order valence-corrected chi connectivity index (χ4v) is 12.1. The molecule has 2 unspecified atom stereocenters. The monoisotopic (exact) mass is 997 g/mol. The number of aromatic nitrogens is 4. The van der Waals surface area contributed by atoms with E-state index in [1.165, 1.54) is 35.3 Å². The molecule has 7 aromatic rings. The summed E-state index contributed by atoms with van der Waals surface area (Å²) in [6.45, 7) is 8.08. The molecule has 3 saturated heterocycles. The summed E-state index contributed by atoms with van der Waals surface area (Å²) in [7, 11) is 1.94. The van der Waals surface area contributed by atoms with Gasteiger partial charge in [0.1, 0.15) is 16.3 Å². The second-order valence-electron chi connectivity index (χ2n) is 20.0. The van der Waals surface area contributed by atoms with Crippen molar-refractivity contribution in [3.63, 3.8) is 0 Å². The summed E-state index contributed by atoms with van der Waals surface area (Å²) in [5.74, 6) is 0.335. The second kappa shape index (κ2) is 21.1. The van der Waals surface area contributed by atoms with Crippen LogP contribution >= 0.6 is 11.3 Å². The summed E-state index contributed by atoms with van der Waals surface area (Å²) in [5, 5.41) is 21.9. The number of imide groups is 1. The summed E-state index contributed by atoms with van der Waals surface area (Å²) in [6, 6.07) is 34.1. The van der Waals surface area contributed by atoms with Gasteiger partial charge in [0, 0.05) is 57.1 Å². The van der Waals surface area contributed by atoms with E-state index in [0.717, 1.165) is 95.8 Å². The van der Waals surface area contributed by atoms with Crippen LogP contribution < -0.4 is 20.3 Å². The van der Waals surface area contributed by atoms with Gasteiger partial charge >= 0.3 is 5.97 Å². The van der Waals surface area contributed by atoms with Gasteiger partial charge in [0.2, 0.25) is 11.8 Å². The Labute approximate surface area is 428 Å². The number of aromatic carboxylic acids is 1. The summed E-state index contributed by atoms with van der Waals surface area (Å²) < 4.78 is 8.83. The van der Waals surface area contributed by atoms with Crippen molar-refractivity contribution in [2.45, 2.75) is 76.2 Å². The van der Waals surface area contributed by atoms with Crippen LogP contribution in [-0.4, -0.2) is 111 Å². The Balaban J connectivity index is 0.605. The molecule has 0 radical (unpaired) electrons. The van der Waals surface area contributed by atoms with Gasteiger partial charge in [-0.15, -0.1) is 0 Å². The summed E-state index contributed by atoms with van der Waals surface area (Å²) in [5.41, 5.74) is 8.44. The van der Waals surface area contributed by atoms with Gasteiger partial charge in [-0.1, -0.05) is 59.9 Å². The molecule has 0 spiro atoms. The molecule has 73 heavy (non-hydrogen) atoms. The van der Waals surface area contributed by atoms with E-state index in [1.54, 1.807) is 6.07 Å². The van der Waals surface area contributed by atoms with E-state index in [2.05, 4.69) is 72.9 Å². The predicted octanol–water partition coefficient (Wildman–Crippen LogP) is 7.97. The van der Waals surface area contributed by atoms with Crippen LogP contribution in [0.5, 0.6) is 5.75 Å². The smallest absolute Gasteiger partial charge is 0.354 e. The third kappa shape index (κ3) is 10.7. The molecule has 15 nitrogen and oxygen atoms in total. The van der Waals surface area contributed by atoms with E-state index in [1.807, 2.05) is 65.2 Å². The highest BCUT2D eigenvalue weighted by atomic mass is 32.1. The van der Waals surface area contributed by atoms with Crippen molar-refractivity contribution >= 4 is 67.1 Å². The number of carbonyl (C=O) groups is 4. The van der Waals surface area contributed by atoms with Crippen LogP contribution in [0.1, 0.15) is 105 Å². The molecule has 11 rings (SSSR count). The predicted molar refractivity (Wildman–Crippen MR) is 280 cm³/mol. The van der Waals surface area contributed by atoms with Crippen LogP contribution in [0.2, 0.25) is 0 Å². The molecule has 374 valence electrons. The van der Waals surface area contributed by atoms with Crippen LogP contribution in [-0.2, 0) is 42.4 Å². The van der Waals surface area contributed by atoms with Gasteiger partial charge in [-0.3, -0.25) is 29.7 Å². The molecular weight excluding hydrogens is 939 g/mol. The first kappa shape index (κ1) is 48.1. The van der Waals surface area contributed by atoms with Gasteiger partial charge in [-0.25, -0.2) is 14.8 Å². The number of ether oxygens (including phenoxy) is 1. The number of hydrogen-bond acceptors (Lipinski definition) is 12. The van der Waals surface area contributed by atoms with E-state index in [-0.39, 0.29) is 23.4 Å². The number of anilines is 2. The normalized spacial score (nSPS) is 18.7. The van der Waals surface area contributed by atoms with Crippen molar-refractivity contribution in [2.75, 3.05) is 62.6 Å². The van der Waals surface area contributed by atoms with Crippen molar-refractivity contribution in [1.82, 2.24) is 34.9 Å². The number of carbonyl (C=O) groups excluding carboxylic acids is 3. The molecule has 3 aromatic heterocycles. The molecule has 0 saturated carbocycles. The Kier molecular flexibility index (Phi) is 13.9. The fraction of sp³-hybridized carbons (Fsp3) is 0.386. The number of carboxylic acid groups (broad SMARTS) is 1. The second-order valence-corrected chi connectivity index (χ2v) is 21.0. The van der Waals surface area contributed by atoms with E-state index < -0.39 is 11.9 Å². The van der Waals surface area contributed by atoms with Gasteiger partial charge in [0.05, 0.1) is 29.3 Å². The molecular formula is C57H59N9O6S. The molecule has 7 heterocycles. The highest BCUT2D eigenvalue weighted by Gasteiger charge is 2.33. The van der Waals surface area contributed by atoms with Gasteiger partial charge in [0.15, 0.2) is 10.8 Å². The van der Waals surface area contributed by atoms with E-state index in [9.17, 15) is 24.3 Å². The summed E-state index contributed by atoms with van der Waals surface area (Å²) >= 11 is 1.35. The van der Waals surface area contributed by atoms with Crippen LogP contribution in [0.15, 0.2) is 84.9 Å². The number of nitrogens with one attached hydrogen (secondary N) is 2. The van der Waals surface area contributed by atoms with Crippen LogP contribution in [0.25, 0.3) is 21.1 Å². The third-order valence-corrected chi connectivity index (χ3v) is 16.3. The lowest BCUT2D eigenvalue weighted by Gasteiger charge is -2.33. The molecule has 3 amide bonds. The van der Waals surface area contributed by atoms with E-state index >= 15 is 0 Å². The Hall–Kier alpha value is -7.19. The molecule has 0 bridgehead atoms. The average Bonchev–Trinajstić information content (AvgIpc) is 4.14. The highest BCUT2D eigenvalue weighted by Crippen LogP contribution is 2.35. The van der Waals surface area contributed by atoms with E-state index in [0.29, 0.717) is 85.7 Å². The van der Waals surface area contributed by atoms with Crippen molar-refractivity contribution in [3.05, 3.63) is 142 Å². The van der Waals surface area contributed by atoms with Crippen molar-refractivity contribution in [3.8, 4) is 5.75 Å². The molecule has 3 N–H and O–H groups in total. The molecule has 4 aliphatic heterocycles. The quantitative estimate of drug-likeness (QED) is 0.0630. The lowest BCUT2D eigenvalue weighted by molar-refractivity contribution is -0.134. The maximum absolute atomic E-state index is 13.5. The first-order valence-electron chi connectivity index (χ1n) is 25.6. The standard InChI is InChI=1S/C57H59N9O6S/c1-63-48-33-40(13-17-44(48)53(62-63)45-18-20-51(67)60-55(45)69)41-23-27-65(34-41)30-29-64-25-21-37(22-26-64)32-36-11-15-42(16-12-36)72-31-5-7-39-14-19-50(59-52(39)56(70)71)66-28-24-38-6-4-8-43(46(38)35-66)54(68)61-57-58-47-9-2-3-10-49(47)73-57/h2,4,6,8-9,11-17,19,33,37,41,45H,5,7,18,20-32,34-35H2,1H3,(H,70,71)(H,58,61,68)(H,60,67,69). The number of fused-ring (bicyclic) bond motifs is 3. The Morgan fingerprint density at radius 3 is 2.58 bits per heavy atom. The van der Waals surface area contributed by atoms with Gasteiger partial charge in [-0.05, 0) is 159 Å². The maximum Gasteiger partial charge on any atom is 0.354 e. The topological polar surface area (TPSA) is 175 Å². The summed E-state index contributed by atoms with van der Waals surface area (Å²) in [4.78, 5) is 66.8. The first-order chi connectivity index (χ1) is 35.6. The summed E-state index contributed by atoms with van der Waals surface area (Å²) in [6.07, 6.45) is 7.26. The lowest BCUT2D eigenvalue weighted by atomic mass is 9.90.